The van der Waals surface area contributed by atoms with Crippen LogP contribution in [0, 0.1) is 0 Å². The van der Waals surface area contributed by atoms with Crippen LogP contribution in [0.2, 0.25) is 0 Å². The summed E-state index contributed by atoms with van der Waals surface area (Å²) < 4.78 is 0. The van der Waals surface area contributed by atoms with Crippen molar-refractivity contribution in [1.82, 2.24) is 15.7 Å². The molecule has 0 bridgehead atoms. The van der Waals surface area contributed by atoms with Crippen LogP contribution in [0.25, 0.3) is 0 Å². The van der Waals surface area contributed by atoms with E-state index in [-0.39, 0.29) is 5.17 Å². The Kier molecular flexibility index (Phi) is 2.92. The molecule has 3 N–H and O–H groups in total. The smallest absolute Gasteiger partial charge is 0.283 e. The van der Waals surface area contributed by atoms with Gasteiger partial charge in [-0.1, -0.05) is 5.59 Å². The van der Waals surface area contributed by atoms with Gasteiger partial charge in [0.25, 0.3) is 17.7 Å². The Morgan fingerprint density at radius 1 is 1.43 bits per heavy atom. The van der Waals surface area contributed by atoms with Gasteiger partial charge in [0.05, 0.1) is 0 Å². The van der Waals surface area contributed by atoms with Crippen LogP contribution >= 0.6 is 0 Å². The molecule has 3 amide bonds. The maximum Gasteiger partial charge on any atom is 0.283 e. The zero-order valence-corrected chi connectivity index (χ0v) is 6.88. The Hall–Kier alpha value is -1.77. The summed E-state index contributed by atoms with van der Waals surface area (Å²) in [5, 5.41) is 16.5. The number of carbonyl (C=O) groups excluding carboxylic acids is 3. The largest absolute Gasteiger partial charge is 0.295 e. The number of rotatable bonds is 3. The van der Waals surface area contributed by atoms with Gasteiger partial charge in [-0.2, -0.15) is 0 Å². The van der Waals surface area contributed by atoms with Gasteiger partial charge in [-0.25, -0.2) is 0 Å². The number of hydrazine groups is 1. The zero-order valence-electron chi connectivity index (χ0n) is 6.88. The van der Waals surface area contributed by atoms with E-state index >= 15 is 0 Å². The molecular weight excluding hydrogens is 194 g/mol. The van der Waals surface area contributed by atoms with Crippen LogP contribution in [0.5, 0.6) is 0 Å². The minimum absolute atomic E-state index is 0.237. The number of carbonyl (C=O) groups is 3. The quantitative estimate of drug-likeness (QED) is 0.277. The summed E-state index contributed by atoms with van der Waals surface area (Å²) in [5.74, 6) is -2.33. The molecule has 1 rings (SSSR count). The van der Waals surface area contributed by atoms with Crippen molar-refractivity contribution in [3.8, 4) is 0 Å². The summed E-state index contributed by atoms with van der Waals surface area (Å²) in [4.78, 5) is 33.3. The van der Waals surface area contributed by atoms with Gasteiger partial charge in [0.1, 0.15) is 6.54 Å². The first kappa shape index (κ1) is 10.3. The fraction of sp³-hybridized carbons (Fsp3) is 0.167. The van der Waals surface area contributed by atoms with Crippen LogP contribution in [-0.4, -0.2) is 44.8 Å². The van der Waals surface area contributed by atoms with Crippen molar-refractivity contribution in [1.29, 1.82) is 0 Å². The third-order valence-corrected chi connectivity index (χ3v) is 1.52. The number of nitrogens with zero attached hydrogens (tertiary/aromatic N) is 2. The average Bonchev–Trinajstić information content (AvgIpc) is 2.48. The van der Waals surface area contributed by atoms with E-state index in [4.69, 9.17) is 10.4 Å². The van der Waals surface area contributed by atoms with E-state index in [2.05, 4.69) is 0 Å². The Bertz CT molecular complexity index is 295. The van der Waals surface area contributed by atoms with Gasteiger partial charge in [-0.05, 0) is 0 Å². The van der Waals surface area contributed by atoms with Crippen LogP contribution in [0.15, 0.2) is 12.2 Å². The number of nitrogens with one attached hydrogen (secondary N) is 1. The Labute approximate surface area is 77.9 Å². The first-order chi connectivity index (χ1) is 6.56. The zero-order chi connectivity index (χ0) is 10.7. The van der Waals surface area contributed by atoms with Gasteiger partial charge in [0.2, 0.25) is 0 Å². The number of hydrogen-bond donors (Lipinski definition) is 3. The van der Waals surface area contributed by atoms with E-state index in [1.54, 1.807) is 0 Å². The average molecular weight is 201 g/mol. The topological polar surface area (TPSA) is 110 Å². The highest BCUT2D eigenvalue weighted by Gasteiger charge is 2.27. The van der Waals surface area contributed by atoms with Gasteiger partial charge in [0, 0.05) is 12.2 Å². The maximum absolute atomic E-state index is 10.9. The minimum Gasteiger partial charge on any atom is -0.295 e. The number of amides is 3. The second-order valence-electron chi connectivity index (χ2n) is 2.40. The van der Waals surface area contributed by atoms with Gasteiger partial charge in [-0.15, -0.1) is 5.17 Å². The first-order valence-corrected chi connectivity index (χ1v) is 3.51. The molecule has 1 heterocycles. The lowest BCUT2D eigenvalue weighted by Gasteiger charge is -2.16. The first-order valence-electron chi connectivity index (χ1n) is 3.51. The third kappa shape index (κ3) is 1.93. The van der Waals surface area contributed by atoms with E-state index in [1.807, 2.05) is 0 Å². The molecular formula is C6H7N3O5. The van der Waals surface area contributed by atoms with Crippen LogP contribution < -0.4 is 5.59 Å². The molecule has 0 unspecified atom stereocenters. The number of hydroxylamine groups is 1. The highest BCUT2D eigenvalue weighted by molar-refractivity contribution is 6.14. The van der Waals surface area contributed by atoms with E-state index < -0.39 is 24.3 Å². The molecule has 0 aromatic rings. The van der Waals surface area contributed by atoms with Crippen LogP contribution in [0.3, 0.4) is 0 Å². The minimum atomic E-state index is -1.04. The molecule has 0 saturated carbocycles. The van der Waals surface area contributed by atoms with Gasteiger partial charge < -0.3 is 0 Å². The van der Waals surface area contributed by atoms with Gasteiger partial charge >= 0.3 is 0 Å². The molecule has 0 spiro atoms. The van der Waals surface area contributed by atoms with Crippen molar-refractivity contribution >= 4 is 17.7 Å². The monoisotopic (exact) mass is 201 g/mol. The van der Waals surface area contributed by atoms with Crippen molar-refractivity contribution < 1.29 is 24.8 Å². The number of imide groups is 1. The van der Waals surface area contributed by atoms with Crippen molar-refractivity contribution in [3.05, 3.63) is 12.2 Å². The van der Waals surface area contributed by atoms with E-state index in [9.17, 15) is 14.4 Å². The van der Waals surface area contributed by atoms with Gasteiger partial charge in [0.15, 0.2) is 0 Å². The Morgan fingerprint density at radius 3 is 2.36 bits per heavy atom. The summed E-state index contributed by atoms with van der Waals surface area (Å²) in [6.45, 7) is -0.644. The Balaban J connectivity index is 2.57. The molecule has 0 aromatic carbocycles. The standard InChI is InChI=1S/C6H7N3O5/c10-4-1-2-5(11)8(4)3-6(12)9(14)7-13/h1-2,7,13-14H,3H2. The fourth-order valence-electron chi connectivity index (χ4n) is 0.845. The lowest BCUT2D eigenvalue weighted by Crippen LogP contribution is -2.46. The molecule has 76 valence electrons. The van der Waals surface area contributed by atoms with Crippen LogP contribution in [0.4, 0.5) is 0 Å². The summed E-state index contributed by atoms with van der Waals surface area (Å²) in [5.41, 5.74) is 1.14. The van der Waals surface area contributed by atoms with Crippen LogP contribution in [-0.2, 0) is 14.4 Å². The summed E-state index contributed by atoms with van der Waals surface area (Å²) in [7, 11) is 0. The maximum atomic E-state index is 10.9. The van der Waals surface area contributed by atoms with E-state index in [1.165, 1.54) is 0 Å². The van der Waals surface area contributed by atoms with Crippen LogP contribution in [0.1, 0.15) is 0 Å². The van der Waals surface area contributed by atoms with Crippen molar-refractivity contribution in [3.63, 3.8) is 0 Å². The van der Waals surface area contributed by atoms with E-state index in [0.29, 0.717) is 4.90 Å². The highest BCUT2D eigenvalue weighted by Crippen LogP contribution is 2.02. The summed E-state index contributed by atoms with van der Waals surface area (Å²) >= 11 is 0. The van der Waals surface area contributed by atoms with E-state index in [0.717, 1.165) is 17.7 Å². The van der Waals surface area contributed by atoms with Crippen molar-refractivity contribution in [2.24, 2.45) is 0 Å². The molecule has 0 atom stereocenters. The van der Waals surface area contributed by atoms with Crippen molar-refractivity contribution in [2.45, 2.75) is 0 Å². The lowest BCUT2D eigenvalue weighted by molar-refractivity contribution is -0.219. The summed E-state index contributed by atoms with van der Waals surface area (Å²) in [6, 6.07) is 0. The number of hydrogen-bond acceptors (Lipinski definition) is 6. The molecule has 1 aliphatic heterocycles. The SMILES string of the molecule is O=C(CN1C(=O)C=CC1=O)N(O)NO. The Morgan fingerprint density at radius 2 is 1.93 bits per heavy atom. The third-order valence-electron chi connectivity index (χ3n) is 1.52. The second-order valence-corrected chi connectivity index (χ2v) is 2.40. The summed E-state index contributed by atoms with van der Waals surface area (Å²) in [6.07, 6.45) is 2.01. The molecule has 0 aliphatic carbocycles. The predicted octanol–water partition coefficient (Wildman–Crippen LogP) is -1.98. The molecule has 8 heteroatoms. The molecule has 0 fully saturated rings. The molecule has 0 radical (unpaired) electrons. The second kappa shape index (κ2) is 3.96. The predicted molar refractivity (Wildman–Crippen MR) is 39.4 cm³/mol. The fourth-order valence-corrected chi connectivity index (χ4v) is 0.845. The van der Waals surface area contributed by atoms with Gasteiger partial charge in [-0.3, -0.25) is 29.7 Å². The highest BCUT2D eigenvalue weighted by atomic mass is 16.7. The lowest BCUT2D eigenvalue weighted by atomic mass is 10.5. The molecule has 14 heavy (non-hydrogen) atoms. The molecule has 1 aliphatic rings. The van der Waals surface area contributed by atoms with Crippen molar-refractivity contribution in [2.75, 3.05) is 6.54 Å². The molecule has 8 nitrogen and oxygen atoms in total. The normalized spacial score (nSPS) is 15.1. The molecule has 0 saturated heterocycles. The molecule has 0 aromatic heterocycles.